The Hall–Kier alpha value is -3.32. The molecular formula is C21H15ClF2N2O3. The van der Waals surface area contributed by atoms with Crippen LogP contribution in [-0.4, -0.2) is 26.9 Å². The summed E-state index contributed by atoms with van der Waals surface area (Å²) in [5.74, 6) is -3.50. The molecule has 8 heteroatoms. The molecule has 0 unspecified atom stereocenters. The summed E-state index contributed by atoms with van der Waals surface area (Å²) in [6, 6.07) is 12.3. The van der Waals surface area contributed by atoms with Crippen LogP contribution in [0.3, 0.4) is 0 Å². The van der Waals surface area contributed by atoms with Gasteiger partial charge in [0.2, 0.25) is 0 Å². The zero-order valence-corrected chi connectivity index (χ0v) is 15.7. The lowest BCUT2D eigenvalue weighted by Crippen LogP contribution is -2.30. The van der Waals surface area contributed by atoms with Gasteiger partial charge in [0.25, 0.3) is 5.91 Å². The highest BCUT2D eigenvalue weighted by atomic mass is 35.5. The molecule has 0 saturated heterocycles. The lowest BCUT2D eigenvalue weighted by molar-refractivity contribution is 0.0687. The van der Waals surface area contributed by atoms with Crippen LogP contribution in [0.25, 0.3) is 0 Å². The van der Waals surface area contributed by atoms with Crippen LogP contribution >= 0.6 is 11.6 Å². The molecule has 1 heterocycles. The Kier molecular flexibility index (Phi) is 6.19. The second kappa shape index (κ2) is 8.79. The van der Waals surface area contributed by atoms with Crippen LogP contribution < -0.4 is 0 Å². The van der Waals surface area contributed by atoms with E-state index in [1.807, 2.05) is 0 Å². The van der Waals surface area contributed by atoms with E-state index in [1.165, 1.54) is 23.2 Å². The predicted molar refractivity (Wildman–Crippen MR) is 103 cm³/mol. The number of rotatable bonds is 6. The standard InChI is InChI=1S/C21H15ClF2N2O3/c22-18-4-2-1-3-14(18)12-26(11-13-5-6-19(21(28)29)25-10-13)20(27)15-7-16(23)9-17(24)8-15/h1-10H,11-12H2,(H,28,29). The van der Waals surface area contributed by atoms with Crippen molar-refractivity contribution in [1.29, 1.82) is 0 Å². The summed E-state index contributed by atoms with van der Waals surface area (Å²) in [5.41, 5.74) is 0.913. The van der Waals surface area contributed by atoms with Gasteiger partial charge >= 0.3 is 5.97 Å². The lowest BCUT2D eigenvalue weighted by Gasteiger charge is -2.24. The van der Waals surface area contributed by atoms with E-state index in [0.29, 0.717) is 22.2 Å². The topological polar surface area (TPSA) is 70.5 Å². The van der Waals surface area contributed by atoms with Crippen molar-refractivity contribution in [3.63, 3.8) is 0 Å². The molecule has 2 aromatic carbocycles. The maximum Gasteiger partial charge on any atom is 0.354 e. The second-order valence-electron chi connectivity index (χ2n) is 6.27. The first-order valence-corrected chi connectivity index (χ1v) is 8.88. The molecule has 0 atom stereocenters. The first-order valence-electron chi connectivity index (χ1n) is 8.50. The molecule has 5 nitrogen and oxygen atoms in total. The fourth-order valence-corrected chi connectivity index (χ4v) is 2.95. The fraction of sp³-hybridized carbons (Fsp3) is 0.0952. The quantitative estimate of drug-likeness (QED) is 0.639. The first kappa shape index (κ1) is 20.4. The number of aromatic carboxylic acids is 1. The van der Waals surface area contributed by atoms with Gasteiger partial charge in [-0.25, -0.2) is 18.6 Å². The van der Waals surface area contributed by atoms with E-state index >= 15 is 0 Å². The number of aromatic nitrogens is 1. The van der Waals surface area contributed by atoms with E-state index < -0.39 is 23.5 Å². The number of benzene rings is 2. The van der Waals surface area contributed by atoms with Gasteiger partial charge in [0.1, 0.15) is 17.3 Å². The third-order valence-electron chi connectivity index (χ3n) is 4.13. The Bertz CT molecular complexity index is 1040. The molecular weight excluding hydrogens is 402 g/mol. The van der Waals surface area contributed by atoms with Crippen molar-refractivity contribution < 1.29 is 23.5 Å². The van der Waals surface area contributed by atoms with Crippen LogP contribution in [0.4, 0.5) is 8.78 Å². The van der Waals surface area contributed by atoms with E-state index in [9.17, 15) is 18.4 Å². The highest BCUT2D eigenvalue weighted by molar-refractivity contribution is 6.31. The van der Waals surface area contributed by atoms with Crippen molar-refractivity contribution in [1.82, 2.24) is 9.88 Å². The number of carbonyl (C=O) groups is 2. The SMILES string of the molecule is O=C(O)c1ccc(CN(Cc2ccccc2Cl)C(=O)c2cc(F)cc(F)c2)cn1. The van der Waals surface area contributed by atoms with E-state index in [2.05, 4.69) is 4.98 Å². The fourth-order valence-electron chi connectivity index (χ4n) is 2.76. The van der Waals surface area contributed by atoms with Crippen LogP contribution in [-0.2, 0) is 13.1 Å². The number of nitrogens with zero attached hydrogens (tertiary/aromatic N) is 2. The van der Waals surface area contributed by atoms with Crippen molar-refractivity contribution >= 4 is 23.5 Å². The van der Waals surface area contributed by atoms with E-state index in [0.717, 1.165) is 12.1 Å². The molecule has 0 radical (unpaired) electrons. The summed E-state index contributed by atoms with van der Waals surface area (Å²) in [6.45, 7) is 0.117. The van der Waals surface area contributed by atoms with Crippen LogP contribution in [0.2, 0.25) is 5.02 Å². The lowest BCUT2D eigenvalue weighted by atomic mass is 10.1. The normalized spacial score (nSPS) is 10.6. The monoisotopic (exact) mass is 416 g/mol. The number of halogens is 3. The zero-order chi connectivity index (χ0) is 21.0. The maximum atomic E-state index is 13.6. The smallest absolute Gasteiger partial charge is 0.354 e. The Morgan fingerprint density at radius 1 is 1.00 bits per heavy atom. The van der Waals surface area contributed by atoms with Crippen molar-refractivity contribution in [2.24, 2.45) is 0 Å². The highest BCUT2D eigenvalue weighted by Crippen LogP contribution is 2.21. The van der Waals surface area contributed by atoms with Crippen molar-refractivity contribution in [3.05, 3.63) is 99.8 Å². The molecule has 1 aromatic heterocycles. The van der Waals surface area contributed by atoms with E-state index in [1.54, 1.807) is 24.3 Å². The minimum Gasteiger partial charge on any atom is -0.477 e. The molecule has 3 rings (SSSR count). The largest absolute Gasteiger partial charge is 0.477 e. The summed E-state index contributed by atoms with van der Waals surface area (Å²) >= 11 is 6.19. The van der Waals surface area contributed by atoms with Crippen LogP contribution in [0, 0.1) is 11.6 Å². The molecule has 1 N–H and O–H groups in total. The minimum atomic E-state index is -1.17. The number of amides is 1. The molecule has 0 fully saturated rings. The average Bonchev–Trinajstić information content (AvgIpc) is 2.68. The van der Waals surface area contributed by atoms with Gasteiger partial charge in [-0.2, -0.15) is 0 Å². The van der Waals surface area contributed by atoms with Gasteiger partial charge in [0, 0.05) is 35.9 Å². The number of carboxylic acids is 1. The molecule has 0 aliphatic rings. The number of hydrogen-bond donors (Lipinski definition) is 1. The van der Waals surface area contributed by atoms with E-state index in [4.69, 9.17) is 16.7 Å². The van der Waals surface area contributed by atoms with Gasteiger partial charge < -0.3 is 10.0 Å². The number of carbonyl (C=O) groups excluding carboxylic acids is 1. The maximum absolute atomic E-state index is 13.6. The van der Waals surface area contributed by atoms with E-state index in [-0.39, 0.29) is 24.3 Å². The molecule has 0 aliphatic carbocycles. The highest BCUT2D eigenvalue weighted by Gasteiger charge is 2.20. The average molecular weight is 417 g/mol. The Morgan fingerprint density at radius 3 is 2.28 bits per heavy atom. The summed E-state index contributed by atoms with van der Waals surface area (Å²) in [7, 11) is 0. The first-order chi connectivity index (χ1) is 13.8. The van der Waals surface area contributed by atoms with Crippen LogP contribution in [0.5, 0.6) is 0 Å². The van der Waals surface area contributed by atoms with Gasteiger partial charge in [-0.3, -0.25) is 4.79 Å². The molecule has 3 aromatic rings. The van der Waals surface area contributed by atoms with Gasteiger partial charge in [-0.05, 0) is 35.4 Å². The molecule has 0 bridgehead atoms. The molecule has 0 spiro atoms. The van der Waals surface area contributed by atoms with Gasteiger partial charge in [0.05, 0.1) is 0 Å². The molecule has 0 aliphatic heterocycles. The molecule has 29 heavy (non-hydrogen) atoms. The van der Waals surface area contributed by atoms with Crippen LogP contribution in [0.1, 0.15) is 32.0 Å². The molecule has 1 amide bonds. The zero-order valence-electron chi connectivity index (χ0n) is 15.0. The Labute approximate surface area is 170 Å². The number of carboxylic acid groups (broad SMARTS) is 1. The van der Waals surface area contributed by atoms with Crippen molar-refractivity contribution in [2.75, 3.05) is 0 Å². The van der Waals surface area contributed by atoms with Gasteiger partial charge in [-0.1, -0.05) is 35.9 Å². The van der Waals surface area contributed by atoms with Crippen LogP contribution in [0.15, 0.2) is 60.8 Å². The van der Waals surface area contributed by atoms with Gasteiger partial charge in [-0.15, -0.1) is 0 Å². The summed E-state index contributed by atoms with van der Waals surface area (Å²) in [6.07, 6.45) is 1.34. The number of hydrogen-bond acceptors (Lipinski definition) is 3. The summed E-state index contributed by atoms with van der Waals surface area (Å²) in [5, 5.41) is 9.40. The molecule has 0 saturated carbocycles. The predicted octanol–water partition coefficient (Wildman–Crippen LogP) is 4.55. The Balaban J connectivity index is 1.93. The Morgan fingerprint density at radius 2 is 1.69 bits per heavy atom. The third-order valence-corrected chi connectivity index (χ3v) is 4.50. The summed E-state index contributed by atoms with van der Waals surface area (Å²) in [4.78, 5) is 29.1. The minimum absolute atomic E-state index is 0.0368. The van der Waals surface area contributed by atoms with Crippen molar-refractivity contribution in [3.8, 4) is 0 Å². The third kappa shape index (κ3) is 5.14. The number of pyridine rings is 1. The summed E-state index contributed by atoms with van der Waals surface area (Å²) < 4.78 is 27.2. The van der Waals surface area contributed by atoms with Crippen molar-refractivity contribution in [2.45, 2.75) is 13.1 Å². The molecule has 148 valence electrons. The second-order valence-corrected chi connectivity index (χ2v) is 6.67. The van der Waals surface area contributed by atoms with Gasteiger partial charge in [0.15, 0.2) is 0 Å².